The van der Waals surface area contributed by atoms with E-state index in [0.29, 0.717) is 6.04 Å². The highest BCUT2D eigenvalue weighted by Gasteiger charge is 2.32. The topological polar surface area (TPSA) is 41.1 Å². The Bertz CT molecular complexity index is 211. The molecular weight excluding hydrogens is 176 g/mol. The summed E-state index contributed by atoms with van der Waals surface area (Å²) in [7, 11) is 0. The van der Waals surface area contributed by atoms with Gasteiger partial charge in [0, 0.05) is 12.6 Å². The lowest BCUT2D eigenvalue weighted by Gasteiger charge is -2.12. The van der Waals surface area contributed by atoms with E-state index in [9.17, 15) is 4.79 Å². The molecule has 0 radical (unpaired) electrons. The fraction of sp³-hybridized carbons (Fsp3) is 0.909. The minimum atomic E-state index is 0.0380. The Kier molecular flexibility index (Phi) is 2.94. The first-order valence-corrected chi connectivity index (χ1v) is 5.80. The Morgan fingerprint density at radius 3 is 2.57 bits per heavy atom. The molecule has 0 heterocycles. The van der Waals surface area contributed by atoms with E-state index in [-0.39, 0.29) is 6.03 Å². The minimum absolute atomic E-state index is 0.0380. The molecule has 2 amide bonds. The van der Waals surface area contributed by atoms with Gasteiger partial charge in [0.25, 0.3) is 0 Å². The Labute approximate surface area is 85.6 Å². The highest BCUT2D eigenvalue weighted by molar-refractivity contribution is 5.74. The van der Waals surface area contributed by atoms with Gasteiger partial charge in [0.2, 0.25) is 0 Å². The van der Waals surface area contributed by atoms with Crippen molar-refractivity contribution >= 4 is 6.03 Å². The summed E-state index contributed by atoms with van der Waals surface area (Å²) in [5, 5.41) is 5.98. The monoisotopic (exact) mass is 196 g/mol. The summed E-state index contributed by atoms with van der Waals surface area (Å²) in [6.07, 6.45) is 6.14. The van der Waals surface area contributed by atoms with Gasteiger partial charge < -0.3 is 10.6 Å². The van der Waals surface area contributed by atoms with Crippen LogP contribution in [0.2, 0.25) is 0 Å². The summed E-state index contributed by atoms with van der Waals surface area (Å²) in [6, 6.07) is 0.475. The van der Waals surface area contributed by atoms with Crippen molar-refractivity contribution in [2.24, 2.45) is 11.8 Å². The van der Waals surface area contributed by atoms with Crippen molar-refractivity contribution in [1.29, 1.82) is 0 Å². The second-order valence-electron chi connectivity index (χ2n) is 4.81. The zero-order valence-corrected chi connectivity index (χ0v) is 8.88. The molecule has 2 saturated carbocycles. The number of urea groups is 1. The molecular formula is C11H20N2O. The Morgan fingerprint density at radius 1 is 1.36 bits per heavy atom. The van der Waals surface area contributed by atoms with Crippen LogP contribution in [0.4, 0.5) is 4.79 Å². The van der Waals surface area contributed by atoms with Gasteiger partial charge in [-0.1, -0.05) is 19.8 Å². The van der Waals surface area contributed by atoms with Crippen LogP contribution in [0.5, 0.6) is 0 Å². The maximum Gasteiger partial charge on any atom is 0.315 e. The van der Waals surface area contributed by atoms with Crippen LogP contribution < -0.4 is 10.6 Å². The largest absolute Gasteiger partial charge is 0.338 e. The number of rotatable bonds is 3. The number of hydrogen-bond acceptors (Lipinski definition) is 1. The highest BCUT2D eigenvalue weighted by atomic mass is 16.2. The van der Waals surface area contributed by atoms with Crippen LogP contribution in [0.1, 0.15) is 39.0 Å². The zero-order chi connectivity index (χ0) is 9.97. The zero-order valence-electron chi connectivity index (χ0n) is 8.88. The van der Waals surface area contributed by atoms with Crippen LogP contribution in [-0.2, 0) is 0 Å². The summed E-state index contributed by atoms with van der Waals surface area (Å²) in [5.41, 5.74) is 0. The van der Waals surface area contributed by atoms with Crippen molar-refractivity contribution in [3.8, 4) is 0 Å². The molecule has 0 bridgehead atoms. The fourth-order valence-electron chi connectivity index (χ4n) is 2.21. The quantitative estimate of drug-likeness (QED) is 0.711. The average Bonchev–Trinajstić information content (AvgIpc) is 2.65. The van der Waals surface area contributed by atoms with Gasteiger partial charge >= 0.3 is 6.03 Å². The molecule has 0 aromatic rings. The average molecular weight is 196 g/mol. The molecule has 3 nitrogen and oxygen atoms in total. The lowest BCUT2D eigenvalue weighted by Crippen LogP contribution is -2.41. The standard InChI is InChI=1S/C11H20N2O/c1-8-6-9(8)7-12-11(14)13-10-4-2-3-5-10/h8-10H,2-7H2,1H3,(H2,12,13,14). The van der Waals surface area contributed by atoms with E-state index in [1.807, 2.05) is 0 Å². The number of carbonyl (C=O) groups is 1. The van der Waals surface area contributed by atoms with Crippen molar-refractivity contribution in [2.75, 3.05) is 6.54 Å². The third-order valence-electron chi connectivity index (χ3n) is 3.49. The SMILES string of the molecule is CC1CC1CNC(=O)NC1CCCC1. The van der Waals surface area contributed by atoms with Gasteiger partial charge in [-0.05, 0) is 31.1 Å². The van der Waals surface area contributed by atoms with Gasteiger partial charge in [-0.3, -0.25) is 0 Å². The van der Waals surface area contributed by atoms with Gasteiger partial charge in [-0.2, -0.15) is 0 Å². The summed E-state index contributed by atoms with van der Waals surface area (Å²) in [5.74, 6) is 1.56. The van der Waals surface area contributed by atoms with Gasteiger partial charge in [0.15, 0.2) is 0 Å². The Morgan fingerprint density at radius 2 is 2.00 bits per heavy atom. The molecule has 2 aliphatic carbocycles. The number of hydrogen-bond donors (Lipinski definition) is 2. The summed E-state index contributed by atoms with van der Waals surface area (Å²) in [6.45, 7) is 3.10. The van der Waals surface area contributed by atoms with Crippen molar-refractivity contribution in [3.05, 3.63) is 0 Å². The van der Waals surface area contributed by atoms with Gasteiger partial charge in [-0.25, -0.2) is 4.79 Å². The van der Waals surface area contributed by atoms with E-state index in [2.05, 4.69) is 17.6 Å². The predicted octanol–water partition coefficient (Wildman–Crippen LogP) is 1.88. The van der Waals surface area contributed by atoms with Gasteiger partial charge in [-0.15, -0.1) is 0 Å². The van der Waals surface area contributed by atoms with Crippen LogP contribution in [0.25, 0.3) is 0 Å². The molecule has 0 aromatic heterocycles. The highest BCUT2D eigenvalue weighted by Crippen LogP contribution is 2.36. The molecule has 2 fully saturated rings. The molecule has 80 valence electrons. The Hall–Kier alpha value is -0.730. The van der Waals surface area contributed by atoms with E-state index < -0.39 is 0 Å². The number of nitrogens with one attached hydrogen (secondary N) is 2. The first kappa shape index (κ1) is 9.81. The molecule has 0 spiro atoms. The molecule has 2 atom stereocenters. The van der Waals surface area contributed by atoms with Crippen molar-refractivity contribution in [1.82, 2.24) is 10.6 Å². The summed E-state index contributed by atoms with van der Waals surface area (Å²) < 4.78 is 0. The molecule has 2 N–H and O–H groups in total. The first-order chi connectivity index (χ1) is 6.75. The molecule has 14 heavy (non-hydrogen) atoms. The van der Waals surface area contributed by atoms with Crippen LogP contribution in [0, 0.1) is 11.8 Å². The molecule has 2 rings (SSSR count). The maximum absolute atomic E-state index is 11.4. The smallest absolute Gasteiger partial charge is 0.315 e. The summed E-state index contributed by atoms with van der Waals surface area (Å²) in [4.78, 5) is 11.4. The fourth-order valence-corrected chi connectivity index (χ4v) is 2.21. The molecule has 2 unspecified atom stereocenters. The second kappa shape index (κ2) is 4.20. The van der Waals surface area contributed by atoms with Crippen molar-refractivity contribution in [2.45, 2.75) is 45.1 Å². The maximum atomic E-state index is 11.4. The molecule has 2 aliphatic rings. The molecule has 0 saturated heterocycles. The van der Waals surface area contributed by atoms with Crippen LogP contribution in [0.15, 0.2) is 0 Å². The number of carbonyl (C=O) groups excluding carboxylic acids is 1. The minimum Gasteiger partial charge on any atom is -0.338 e. The van der Waals surface area contributed by atoms with E-state index in [4.69, 9.17) is 0 Å². The van der Waals surface area contributed by atoms with Crippen molar-refractivity contribution in [3.63, 3.8) is 0 Å². The van der Waals surface area contributed by atoms with E-state index in [1.165, 1.54) is 19.3 Å². The third kappa shape index (κ3) is 2.63. The van der Waals surface area contributed by atoms with Gasteiger partial charge in [0.05, 0.1) is 0 Å². The normalized spacial score (nSPS) is 31.5. The van der Waals surface area contributed by atoms with Crippen LogP contribution in [0.3, 0.4) is 0 Å². The van der Waals surface area contributed by atoms with E-state index >= 15 is 0 Å². The lowest BCUT2D eigenvalue weighted by molar-refractivity contribution is 0.236. The van der Waals surface area contributed by atoms with Crippen LogP contribution in [-0.4, -0.2) is 18.6 Å². The van der Waals surface area contributed by atoms with E-state index in [0.717, 1.165) is 31.2 Å². The van der Waals surface area contributed by atoms with Crippen molar-refractivity contribution < 1.29 is 4.79 Å². The van der Waals surface area contributed by atoms with Gasteiger partial charge in [0.1, 0.15) is 0 Å². The number of amides is 2. The van der Waals surface area contributed by atoms with Crippen LogP contribution >= 0.6 is 0 Å². The molecule has 0 aliphatic heterocycles. The second-order valence-corrected chi connectivity index (χ2v) is 4.81. The molecule has 3 heteroatoms. The molecule has 0 aromatic carbocycles. The van der Waals surface area contributed by atoms with E-state index in [1.54, 1.807) is 0 Å². The Balaban J connectivity index is 1.58. The summed E-state index contributed by atoms with van der Waals surface area (Å²) >= 11 is 0. The lowest BCUT2D eigenvalue weighted by atomic mass is 10.2. The third-order valence-corrected chi connectivity index (χ3v) is 3.49. The first-order valence-electron chi connectivity index (χ1n) is 5.80. The predicted molar refractivity (Wildman–Crippen MR) is 56.1 cm³/mol.